The van der Waals surface area contributed by atoms with Crippen LogP contribution in [0.25, 0.3) is 0 Å². The van der Waals surface area contributed by atoms with Gasteiger partial charge in [0.25, 0.3) is 0 Å². The number of aromatic nitrogens is 2. The molecule has 1 atom stereocenters. The number of hydrogen-bond acceptors (Lipinski definition) is 5. The third-order valence-corrected chi connectivity index (χ3v) is 4.04. The number of rotatable bonds is 8. The average Bonchev–Trinajstić information content (AvgIpc) is 3.28. The van der Waals surface area contributed by atoms with Crippen LogP contribution in [0.4, 0.5) is 10.1 Å². The third-order valence-electron chi connectivity index (χ3n) is 4.04. The summed E-state index contributed by atoms with van der Waals surface area (Å²) >= 11 is 0. The van der Waals surface area contributed by atoms with Crippen LogP contribution in [0.3, 0.4) is 0 Å². The van der Waals surface area contributed by atoms with Gasteiger partial charge < -0.3 is 5.11 Å². The number of aliphatic hydroxyl groups is 1. The highest BCUT2D eigenvalue weighted by Crippen LogP contribution is 2.28. The van der Waals surface area contributed by atoms with Crippen LogP contribution in [-0.2, 0) is 13.1 Å². The predicted octanol–water partition coefficient (Wildman–Crippen LogP) is 1.96. The minimum Gasteiger partial charge on any atom is -0.390 e. The quantitative estimate of drug-likeness (QED) is 0.589. The van der Waals surface area contributed by atoms with E-state index in [0.717, 1.165) is 18.4 Å². The van der Waals surface area contributed by atoms with Gasteiger partial charge >= 0.3 is 5.69 Å². The first-order chi connectivity index (χ1) is 11.5. The zero-order chi connectivity index (χ0) is 17.1. The Balaban J connectivity index is 1.58. The fourth-order valence-electron chi connectivity index (χ4n) is 2.70. The van der Waals surface area contributed by atoms with Gasteiger partial charge in [-0.3, -0.25) is 19.7 Å². The Morgan fingerprint density at radius 3 is 2.71 bits per heavy atom. The van der Waals surface area contributed by atoms with E-state index in [0.29, 0.717) is 19.1 Å². The van der Waals surface area contributed by atoms with E-state index in [2.05, 4.69) is 10.00 Å². The van der Waals surface area contributed by atoms with Gasteiger partial charge in [0.15, 0.2) is 0 Å². The summed E-state index contributed by atoms with van der Waals surface area (Å²) in [5.41, 5.74) is 0.901. The van der Waals surface area contributed by atoms with Crippen molar-refractivity contribution in [2.75, 3.05) is 6.54 Å². The maximum absolute atomic E-state index is 13.0. The van der Waals surface area contributed by atoms with Gasteiger partial charge in [0, 0.05) is 19.1 Å². The van der Waals surface area contributed by atoms with E-state index in [4.69, 9.17) is 0 Å². The molecule has 1 N–H and O–H groups in total. The SMILES string of the molecule is O=[N+]([O-])c1cnn(CC(O)CN(Cc2ccc(F)cc2)C2CC2)c1. The first-order valence-corrected chi connectivity index (χ1v) is 7.84. The first-order valence-electron chi connectivity index (χ1n) is 7.84. The van der Waals surface area contributed by atoms with Crippen molar-refractivity contribution in [3.63, 3.8) is 0 Å². The summed E-state index contributed by atoms with van der Waals surface area (Å²) in [7, 11) is 0. The van der Waals surface area contributed by atoms with Gasteiger partial charge in [-0.1, -0.05) is 12.1 Å². The lowest BCUT2D eigenvalue weighted by molar-refractivity contribution is -0.385. The van der Waals surface area contributed by atoms with Crippen LogP contribution in [0, 0.1) is 15.9 Å². The van der Waals surface area contributed by atoms with Crippen molar-refractivity contribution in [3.8, 4) is 0 Å². The molecule has 0 amide bonds. The molecule has 0 bridgehead atoms. The molecule has 1 aromatic heterocycles. The third kappa shape index (κ3) is 4.36. The second-order valence-electron chi connectivity index (χ2n) is 6.12. The van der Waals surface area contributed by atoms with Crippen LogP contribution in [0.1, 0.15) is 18.4 Å². The largest absolute Gasteiger partial charge is 0.390 e. The molecule has 24 heavy (non-hydrogen) atoms. The van der Waals surface area contributed by atoms with E-state index in [1.165, 1.54) is 29.2 Å². The molecule has 128 valence electrons. The molecular weight excluding hydrogens is 315 g/mol. The Kier molecular flexibility index (Phi) is 4.86. The summed E-state index contributed by atoms with van der Waals surface area (Å²) in [5.74, 6) is -0.267. The summed E-state index contributed by atoms with van der Waals surface area (Å²) in [6.45, 7) is 1.28. The summed E-state index contributed by atoms with van der Waals surface area (Å²) in [6.07, 6.45) is 3.96. The van der Waals surface area contributed by atoms with E-state index in [9.17, 15) is 19.6 Å². The van der Waals surface area contributed by atoms with E-state index < -0.39 is 11.0 Å². The van der Waals surface area contributed by atoms with Crippen LogP contribution in [0.15, 0.2) is 36.7 Å². The Bertz CT molecular complexity index is 700. The minimum atomic E-state index is -0.689. The van der Waals surface area contributed by atoms with Crippen molar-refractivity contribution in [2.45, 2.75) is 38.1 Å². The Hall–Kier alpha value is -2.32. The lowest BCUT2D eigenvalue weighted by Gasteiger charge is -2.25. The molecule has 1 fully saturated rings. The van der Waals surface area contributed by atoms with E-state index in [1.54, 1.807) is 12.1 Å². The first kappa shape index (κ1) is 16.5. The van der Waals surface area contributed by atoms with Crippen LogP contribution in [0.5, 0.6) is 0 Å². The Labute approximate surface area is 138 Å². The van der Waals surface area contributed by atoms with E-state index in [1.807, 2.05) is 0 Å². The molecule has 0 radical (unpaired) electrons. The second kappa shape index (κ2) is 7.06. The summed E-state index contributed by atoms with van der Waals surface area (Å²) in [6, 6.07) is 6.78. The zero-order valence-electron chi connectivity index (χ0n) is 13.1. The average molecular weight is 334 g/mol. The number of halogens is 1. The van der Waals surface area contributed by atoms with E-state index in [-0.39, 0.29) is 18.0 Å². The molecule has 8 heteroatoms. The number of benzene rings is 1. The molecule has 7 nitrogen and oxygen atoms in total. The lowest BCUT2D eigenvalue weighted by Crippen LogP contribution is -2.36. The van der Waals surface area contributed by atoms with Crippen LogP contribution in [-0.4, -0.2) is 43.4 Å². The molecule has 1 aliphatic rings. The van der Waals surface area contributed by atoms with Crippen molar-refractivity contribution >= 4 is 5.69 Å². The van der Waals surface area contributed by atoms with Gasteiger partial charge in [-0.15, -0.1) is 0 Å². The van der Waals surface area contributed by atoms with Crippen molar-refractivity contribution in [1.29, 1.82) is 0 Å². The maximum Gasteiger partial charge on any atom is 0.306 e. The highest BCUT2D eigenvalue weighted by atomic mass is 19.1. The molecule has 0 aliphatic heterocycles. The standard InChI is InChI=1S/C16H19FN4O3/c17-13-3-1-12(2-4-13)8-19(14-5-6-14)10-16(22)11-20-9-15(7-18-20)21(23)24/h1-4,7,9,14,16,22H,5-6,8,10-11H2. The summed E-state index contributed by atoms with van der Waals surface area (Å²) in [5, 5.41) is 24.8. The smallest absolute Gasteiger partial charge is 0.306 e. The fourth-order valence-corrected chi connectivity index (χ4v) is 2.70. The van der Waals surface area contributed by atoms with Gasteiger partial charge in [0.2, 0.25) is 0 Å². The molecule has 1 saturated carbocycles. The van der Waals surface area contributed by atoms with Crippen LogP contribution < -0.4 is 0 Å². The van der Waals surface area contributed by atoms with Crippen LogP contribution in [0.2, 0.25) is 0 Å². The Morgan fingerprint density at radius 2 is 2.12 bits per heavy atom. The lowest BCUT2D eigenvalue weighted by atomic mass is 10.2. The molecular formula is C16H19FN4O3. The molecule has 0 saturated heterocycles. The summed E-state index contributed by atoms with van der Waals surface area (Å²) in [4.78, 5) is 12.3. The summed E-state index contributed by atoms with van der Waals surface area (Å²) < 4.78 is 14.4. The molecule has 3 rings (SSSR count). The molecule has 1 unspecified atom stereocenters. The number of nitro groups is 1. The van der Waals surface area contributed by atoms with Crippen molar-refractivity contribution in [1.82, 2.24) is 14.7 Å². The zero-order valence-corrected chi connectivity index (χ0v) is 13.1. The van der Waals surface area contributed by atoms with Gasteiger partial charge in [0.1, 0.15) is 18.2 Å². The maximum atomic E-state index is 13.0. The topological polar surface area (TPSA) is 84.4 Å². The monoisotopic (exact) mass is 334 g/mol. The highest BCUT2D eigenvalue weighted by molar-refractivity contribution is 5.20. The Morgan fingerprint density at radius 1 is 1.42 bits per heavy atom. The number of nitrogens with zero attached hydrogens (tertiary/aromatic N) is 4. The molecule has 2 aromatic rings. The fraction of sp³-hybridized carbons (Fsp3) is 0.438. The van der Waals surface area contributed by atoms with Crippen molar-refractivity contribution < 1.29 is 14.4 Å². The second-order valence-corrected chi connectivity index (χ2v) is 6.12. The van der Waals surface area contributed by atoms with Gasteiger partial charge in [-0.2, -0.15) is 5.10 Å². The van der Waals surface area contributed by atoms with Gasteiger partial charge in [0.05, 0.1) is 17.6 Å². The highest BCUT2D eigenvalue weighted by Gasteiger charge is 2.30. The van der Waals surface area contributed by atoms with Gasteiger partial charge in [-0.25, -0.2) is 4.39 Å². The minimum absolute atomic E-state index is 0.0902. The number of aliphatic hydroxyl groups excluding tert-OH is 1. The normalized spacial score (nSPS) is 15.6. The molecule has 0 spiro atoms. The van der Waals surface area contributed by atoms with Crippen molar-refractivity contribution in [3.05, 3.63) is 58.2 Å². The van der Waals surface area contributed by atoms with Gasteiger partial charge in [-0.05, 0) is 30.5 Å². The van der Waals surface area contributed by atoms with E-state index >= 15 is 0 Å². The predicted molar refractivity (Wildman–Crippen MR) is 84.7 cm³/mol. The number of hydrogen-bond donors (Lipinski definition) is 1. The van der Waals surface area contributed by atoms with Crippen LogP contribution >= 0.6 is 0 Å². The molecule has 1 aromatic carbocycles. The molecule has 1 aliphatic carbocycles. The molecule has 1 heterocycles. The van der Waals surface area contributed by atoms with Crippen molar-refractivity contribution in [2.24, 2.45) is 0 Å².